The Balaban J connectivity index is 1.59. The van der Waals surface area contributed by atoms with Gasteiger partial charge >= 0.3 is 0 Å². The fraction of sp³-hybridized carbons (Fsp3) is 0.0741. The molecule has 0 atom stereocenters. The number of para-hydroxylation sites is 1. The Bertz CT molecular complexity index is 1430. The number of nitrogens with one attached hydrogen (secondary N) is 1. The molecule has 0 spiro atoms. The van der Waals surface area contributed by atoms with E-state index in [1.54, 1.807) is 42.5 Å². The predicted molar refractivity (Wildman–Crippen MR) is 142 cm³/mol. The summed E-state index contributed by atoms with van der Waals surface area (Å²) < 4.78 is 33.9. The summed E-state index contributed by atoms with van der Waals surface area (Å²) in [7, 11) is -4.01. The van der Waals surface area contributed by atoms with Crippen LogP contribution in [0.15, 0.2) is 108 Å². The van der Waals surface area contributed by atoms with Crippen LogP contribution in [0.1, 0.15) is 5.56 Å². The quantitative estimate of drug-likeness (QED) is 0.259. The molecule has 6 nitrogen and oxygen atoms in total. The lowest BCUT2D eigenvalue weighted by molar-refractivity contribution is -0.116. The molecule has 1 amide bonds. The molecular weight excluding hydrogens is 519 g/mol. The van der Waals surface area contributed by atoms with Gasteiger partial charge in [-0.1, -0.05) is 71.7 Å². The summed E-state index contributed by atoms with van der Waals surface area (Å²) in [6.07, 6.45) is 0. The van der Waals surface area contributed by atoms with E-state index < -0.39 is 22.5 Å². The van der Waals surface area contributed by atoms with Crippen molar-refractivity contribution < 1.29 is 17.9 Å². The van der Waals surface area contributed by atoms with Gasteiger partial charge in [-0.3, -0.25) is 4.79 Å². The zero-order valence-electron chi connectivity index (χ0n) is 19.0. The van der Waals surface area contributed by atoms with Gasteiger partial charge in [0.05, 0.1) is 17.1 Å². The third-order valence-corrected chi connectivity index (χ3v) is 7.45. The number of hydrogen-bond acceptors (Lipinski definition) is 4. The molecule has 0 aliphatic heterocycles. The normalized spacial score (nSPS) is 11.3. The van der Waals surface area contributed by atoms with Gasteiger partial charge in [0.2, 0.25) is 15.9 Å². The highest BCUT2D eigenvalue weighted by Gasteiger charge is 2.27. The number of anilines is 1. The molecule has 184 valence electrons. The van der Waals surface area contributed by atoms with Crippen LogP contribution < -0.4 is 10.1 Å². The lowest BCUT2D eigenvalue weighted by atomic mass is 10.2. The Morgan fingerprint density at radius 3 is 2.08 bits per heavy atom. The highest BCUT2D eigenvalue weighted by atomic mass is 35.5. The van der Waals surface area contributed by atoms with Gasteiger partial charge < -0.3 is 10.1 Å². The second-order valence-electron chi connectivity index (χ2n) is 7.82. The van der Waals surface area contributed by atoms with E-state index in [9.17, 15) is 13.2 Å². The molecule has 4 aromatic carbocycles. The molecule has 4 rings (SSSR count). The van der Waals surface area contributed by atoms with Crippen molar-refractivity contribution in [1.29, 1.82) is 0 Å². The number of sulfonamides is 1. The number of carbonyl (C=O) groups is 1. The van der Waals surface area contributed by atoms with E-state index in [0.29, 0.717) is 27.2 Å². The van der Waals surface area contributed by atoms with Crippen molar-refractivity contribution in [3.8, 4) is 11.5 Å². The fourth-order valence-electron chi connectivity index (χ4n) is 3.42. The number of benzene rings is 4. The summed E-state index contributed by atoms with van der Waals surface area (Å²) in [4.78, 5) is 13.2. The third kappa shape index (κ3) is 6.65. The zero-order chi connectivity index (χ0) is 25.5. The number of hydrogen-bond donors (Lipinski definition) is 1. The summed E-state index contributed by atoms with van der Waals surface area (Å²) in [5.41, 5.74) is 1.05. The Morgan fingerprint density at radius 2 is 1.42 bits per heavy atom. The maximum atomic E-state index is 13.5. The fourth-order valence-corrected chi connectivity index (χ4v) is 5.11. The molecule has 0 radical (unpaired) electrons. The first kappa shape index (κ1) is 25.7. The summed E-state index contributed by atoms with van der Waals surface area (Å²) in [5.74, 6) is 0.393. The summed E-state index contributed by atoms with van der Waals surface area (Å²) in [6, 6.07) is 28.8. The lowest BCUT2D eigenvalue weighted by Crippen LogP contribution is -2.37. The van der Waals surface area contributed by atoms with Crippen LogP contribution in [0.5, 0.6) is 11.5 Å². The van der Waals surface area contributed by atoms with Gasteiger partial charge in [-0.25, -0.2) is 8.42 Å². The highest BCUT2D eigenvalue weighted by molar-refractivity contribution is 7.89. The van der Waals surface area contributed by atoms with Crippen LogP contribution in [0, 0.1) is 0 Å². The molecular formula is C27H22Cl2N2O4S. The van der Waals surface area contributed by atoms with E-state index in [2.05, 4.69) is 5.32 Å². The lowest BCUT2D eigenvalue weighted by Gasteiger charge is -2.22. The van der Waals surface area contributed by atoms with Gasteiger partial charge in [-0.05, 0) is 60.2 Å². The Morgan fingerprint density at radius 1 is 0.806 bits per heavy atom. The van der Waals surface area contributed by atoms with Gasteiger partial charge in [0.1, 0.15) is 5.75 Å². The van der Waals surface area contributed by atoms with Crippen molar-refractivity contribution in [2.24, 2.45) is 0 Å². The third-order valence-electron chi connectivity index (χ3n) is 5.16. The van der Waals surface area contributed by atoms with Crippen LogP contribution in [0.3, 0.4) is 0 Å². The van der Waals surface area contributed by atoms with E-state index in [1.807, 2.05) is 36.4 Å². The SMILES string of the molecule is O=C(CN(Cc1ccccc1)S(=O)(=O)c1ccc(Cl)cc1)Nc1cc(Cl)ccc1Oc1ccccc1. The van der Waals surface area contributed by atoms with Crippen LogP contribution in [-0.2, 0) is 21.4 Å². The van der Waals surface area contributed by atoms with Crippen LogP contribution in [0.2, 0.25) is 10.0 Å². The van der Waals surface area contributed by atoms with Gasteiger partial charge in [-0.2, -0.15) is 4.31 Å². The first-order valence-electron chi connectivity index (χ1n) is 10.9. The van der Waals surface area contributed by atoms with Crippen molar-refractivity contribution in [3.05, 3.63) is 119 Å². The minimum absolute atomic E-state index is 0.00212. The average Bonchev–Trinajstić information content (AvgIpc) is 2.87. The van der Waals surface area contributed by atoms with Crippen molar-refractivity contribution in [2.45, 2.75) is 11.4 Å². The Kier molecular flexibility index (Phi) is 8.28. The van der Waals surface area contributed by atoms with Crippen LogP contribution in [0.25, 0.3) is 0 Å². The van der Waals surface area contributed by atoms with Crippen LogP contribution in [-0.4, -0.2) is 25.2 Å². The molecule has 36 heavy (non-hydrogen) atoms. The first-order valence-corrected chi connectivity index (χ1v) is 13.1. The highest BCUT2D eigenvalue weighted by Crippen LogP contribution is 2.32. The number of ether oxygens (including phenoxy) is 1. The number of halogens is 2. The summed E-state index contributed by atoms with van der Waals surface area (Å²) in [5, 5.41) is 3.54. The van der Waals surface area contributed by atoms with Crippen LogP contribution in [0.4, 0.5) is 5.69 Å². The number of nitrogens with zero attached hydrogens (tertiary/aromatic N) is 1. The van der Waals surface area contributed by atoms with Crippen molar-refractivity contribution in [1.82, 2.24) is 4.31 Å². The molecule has 0 saturated carbocycles. The molecule has 0 aromatic heterocycles. The standard InChI is InChI=1S/C27H22Cl2N2O4S/c28-21-11-14-24(15-12-21)36(33,34)31(18-20-7-3-1-4-8-20)19-27(32)30-25-17-22(29)13-16-26(25)35-23-9-5-2-6-10-23/h1-17H,18-19H2,(H,30,32). The van der Waals surface area contributed by atoms with Gasteiger partial charge in [0, 0.05) is 16.6 Å². The number of amides is 1. The maximum Gasteiger partial charge on any atom is 0.243 e. The Labute approximate surface area is 220 Å². The summed E-state index contributed by atoms with van der Waals surface area (Å²) >= 11 is 12.1. The molecule has 0 saturated heterocycles. The van der Waals surface area contributed by atoms with E-state index in [1.165, 1.54) is 24.3 Å². The molecule has 0 bridgehead atoms. The molecule has 0 heterocycles. The van der Waals surface area contributed by atoms with Gasteiger partial charge in [0.15, 0.2) is 5.75 Å². The molecule has 0 unspecified atom stereocenters. The van der Waals surface area contributed by atoms with E-state index >= 15 is 0 Å². The monoisotopic (exact) mass is 540 g/mol. The van der Waals surface area contributed by atoms with E-state index in [4.69, 9.17) is 27.9 Å². The van der Waals surface area contributed by atoms with Crippen LogP contribution >= 0.6 is 23.2 Å². The van der Waals surface area contributed by atoms with E-state index in [-0.39, 0.29) is 11.4 Å². The smallest absolute Gasteiger partial charge is 0.243 e. The average molecular weight is 541 g/mol. The minimum Gasteiger partial charge on any atom is -0.455 e. The molecule has 9 heteroatoms. The molecule has 0 aliphatic rings. The Hall–Kier alpha value is -3.36. The summed E-state index contributed by atoms with van der Waals surface area (Å²) in [6.45, 7) is -0.431. The van der Waals surface area contributed by atoms with Crippen molar-refractivity contribution in [3.63, 3.8) is 0 Å². The molecule has 4 aromatic rings. The number of carbonyl (C=O) groups excluding carboxylic acids is 1. The topological polar surface area (TPSA) is 75.7 Å². The number of rotatable bonds is 9. The first-order chi connectivity index (χ1) is 17.3. The van der Waals surface area contributed by atoms with Crippen molar-refractivity contribution >= 4 is 44.8 Å². The predicted octanol–water partition coefficient (Wildman–Crippen LogP) is 6.62. The molecule has 0 aliphatic carbocycles. The second-order valence-corrected chi connectivity index (χ2v) is 10.6. The molecule has 1 N–H and O–H groups in total. The second kappa shape index (κ2) is 11.6. The largest absolute Gasteiger partial charge is 0.455 e. The van der Waals surface area contributed by atoms with Crippen molar-refractivity contribution in [2.75, 3.05) is 11.9 Å². The minimum atomic E-state index is -4.01. The zero-order valence-corrected chi connectivity index (χ0v) is 21.3. The maximum absolute atomic E-state index is 13.5. The van der Waals surface area contributed by atoms with E-state index in [0.717, 1.165) is 9.87 Å². The van der Waals surface area contributed by atoms with Gasteiger partial charge in [0.25, 0.3) is 0 Å². The van der Waals surface area contributed by atoms with Gasteiger partial charge in [-0.15, -0.1) is 0 Å². The molecule has 0 fully saturated rings.